The minimum Gasteiger partial charge on any atom is -0.253 e. The van der Waals surface area contributed by atoms with E-state index in [-0.39, 0.29) is 5.82 Å². The van der Waals surface area contributed by atoms with Crippen molar-refractivity contribution in [3.05, 3.63) is 41.8 Å². The summed E-state index contributed by atoms with van der Waals surface area (Å²) in [7, 11) is 0. The molecule has 2 aromatic rings. The lowest BCUT2D eigenvalue weighted by Crippen LogP contribution is -1.84. The number of para-hydroxylation sites is 1. The van der Waals surface area contributed by atoms with Crippen molar-refractivity contribution in [3.8, 4) is 0 Å². The lowest BCUT2D eigenvalue weighted by Gasteiger charge is -1.98. The predicted octanol–water partition coefficient (Wildman–Crippen LogP) is 2.68. The van der Waals surface area contributed by atoms with Gasteiger partial charge in [0, 0.05) is 11.6 Å². The van der Waals surface area contributed by atoms with E-state index in [4.69, 9.17) is 0 Å². The smallest absolute Gasteiger partial charge is 0.149 e. The molecule has 0 saturated heterocycles. The van der Waals surface area contributed by atoms with Crippen LogP contribution in [0.3, 0.4) is 0 Å². The van der Waals surface area contributed by atoms with Crippen molar-refractivity contribution in [1.29, 1.82) is 0 Å². The van der Waals surface area contributed by atoms with E-state index in [2.05, 4.69) is 4.98 Å². The first kappa shape index (κ1) is 7.22. The number of pyridine rings is 1. The van der Waals surface area contributed by atoms with E-state index in [1.807, 2.05) is 19.1 Å². The van der Waals surface area contributed by atoms with E-state index in [1.165, 1.54) is 6.07 Å². The molecule has 2 heteroatoms. The molecule has 1 heterocycles. The molecular formula is C10H8FN. The minimum absolute atomic E-state index is 0.257. The van der Waals surface area contributed by atoms with Gasteiger partial charge in [-0.1, -0.05) is 12.1 Å². The molecule has 1 nitrogen and oxygen atoms in total. The van der Waals surface area contributed by atoms with Crippen LogP contribution in [0.4, 0.5) is 4.39 Å². The van der Waals surface area contributed by atoms with Gasteiger partial charge in [0.25, 0.3) is 0 Å². The number of aryl methyl sites for hydroxylation is 1. The molecule has 0 aliphatic heterocycles. The van der Waals surface area contributed by atoms with Crippen LogP contribution in [0.15, 0.2) is 30.5 Å². The van der Waals surface area contributed by atoms with E-state index in [9.17, 15) is 4.39 Å². The summed E-state index contributed by atoms with van der Waals surface area (Å²) in [6.07, 6.45) is 1.67. The molecule has 0 unspecified atom stereocenters. The van der Waals surface area contributed by atoms with Crippen molar-refractivity contribution < 1.29 is 4.39 Å². The molecule has 0 aliphatic rings. The number of aromatic nitrogens is 1. The Labute approximate surface area is 69.9 Å². The second-order valence-electron chi connectivity index (χ2n) is 2.82. The second-order valence-corrected chi connectivity index (χ2v) is 2.82. The van der Waals surface area contributed by atoms with Gasteiger partial charge in [-0.2, -0.15) is 0 Å². The zero-order valence-corrected chi connectivity index (χ0v) is 6.71. The summed E-state index contributed by atoms with van der Waals surface area (Å²) < 4.78 is 13.1. The number of hydrogen-bond donors (Lipinski definition) is 0. The van der Waals surface area contributed by atoms with Crippen molar-refractivity contribution >= 4 is 10.9 Å². The van der Waals surface area contributed by atoms with Crippen LogP contribution in [0.1, 0.15) is 5.56 Å². The summed E-state index contributed by atoms with van der Waals surface area (Å²) in [5.74, 6) is -0.257. The second kappa shape index (κ2) is 2.55. The maximum Gasteiger partial charge on any atom is 0.149 e. The lowest BCUT2D eigenvalue weighted by molar-refractivity contribution is 0.637. The Morgan fingerprint density at radius 3 is 3.00 bits per heavy atom. The highest BCUT2D eigenvalue weighted by molar-refractivity contribution is 5.79. The van der Waals surface area contributed by atoms with Crippen LogP contribution in [0.25, 0.3) is 10.9 Å². The standard InChI is InChI=1S/C10H8FN/c1-7-5-8-3-2-4-9(11)10(8)12-6-7/h2-6H,1H3. The van der Waals surface area contributed by atoms with E-state index >= 15 is 0 Å². The van der Waals surface area contributed by atoms with Gasteiger partial charge in [0.2, 0.25) is 0 Å². The van der Waals surface area contributed by atoms with Crippen LogP contribution in [0.5, 0.6) is 0 Å². The Morgan fingerprint density at radius 2 is 2.17 bits per heavy atom. The van der Waals surface area contributed by atoms with Crippen molar-refractivity contribution in [2.45, 2.75) is 6.92 Å². The number of fused-ring (bicyclic) bond motifs is 1. The van der Waals surface area contributed by atoms with Crippen molar-refractivity contribution in [3.63, 3.8) is 0 Å². The molecule has 0 fully saturated rings. The van der Waals surface area contributed by atoms with E-state index in [1.54, 1.807) is 12.3 Å². The van der Waals surface area contributed by atoms with Gasteiger partial charge in [0.05, 0.1) is 0 Å². The fourth-order valence-electron chi connectivity index (χ4n) is 1.23. The van der Waals surface area contributed by atoms with Crippen molar-refractivity contribution in [2.75, 3.05) is 0 Å². The third-order valence-electron chi connectivity index (χ3n) is 1.80. The number of nitrogens with zero attached hydrogens (tertiary/aromatic N) is 1. The summed E-state index contributed by atoms with van der Waals surface area (Å²) in [6.45, 7) is 1.94. The minimum atomic E-state index is -0.257. The van der Waals surface area contributed by atoms with Crippen molar-refractivity contribution in [2.24, 2.45) is 0 Å². The van der Waals surface area contributed by atoms with Crippen molar-refractivity contribution in [1.82, 2.24) is 4.98 Å². The maximum atomic E-state index is 13.1. The summed E-state index contributed by atoms with van der Waals surface area (Å²) >= 11 is 0. The first-order valence-electron chi connectivity index (χ1n) is 3.78. The molecule has 0 radical (unpaired) electrons. The van der Waals surface area contributed by atoms with Crippen LogP contribution in [0.2, 0.25) is 0 Å². The first-order valence-corrected chi connectivity index (χ1v) is 3.78. The molecule has 0 spiro atoms. The van der Waals surface area contributed by atoms with E-state index in [0.29, 0.717) is 5.52 Å². The largest absolute Gasteiger partial charge is 0.253 e. The Hall–Kier alpha value is -1.44. The molecule has 0 atom stereocenters. The van der Waals surface area contributed by atoms with Gasteiger partial charge in [-0.05, 0) is 24.6 Å². The van der Waals surface area contributed by atoms with Gasteiger partial charge in [0.1, 0.15) is 11.3 Å². The zero-order valence-electron chi connectivity index (χ0n) is 6.71. The molecule has 1 aromatic carbocycles. The van der Waals surface area contributed by atoms with Crippen LogP contribution in [0, 0.1) is 12.7 Å². The van der Waals surface area contributed by atoms with Crippen LogP contribution in [-0.4, -0.2) is 4.98 Å². The number of hydrogen-bond acceptors (Lipinski definition) is 1. The summed E-state index contributed by atoms with van der Waals surface area (Å²) in [5.41, 5.74) is 1.50. The normalized spacial score (nSPS) is 10.5. The van der Waals surface area contributed by atoms with Crippen LogP contribution in [-0.2, 0) is 0 Å². The van der Waals surface area contributed by atoms with Gasteiger partial charge in [0.15, 0.2) is 0 Å². The highest BCUT2D eigenvalue weighted by Crippen LogP contribution is 2.15. The fourth-order valence-corrected chi connectivity index (χ4v) is 1.23. The average molecular weight is 161 g/mol. The van der Waals surface area contributed by atoms with Crippen LogP contribution >= 0.6 is 0 Å². The molecule has 0 aliphatic carbocycles. The quantitative estimate of drug-likeness (QED) is 0.578. The molecule has 0 N–H and O–H groups in total. The molecule has 1 aromatic heterocycles. The summed E-state index contributed by atoms with van der Waals surface area (Å²) in [4.78, 5) is 4.01. The SMILES string of the molecule is Cc1cnc2c(F)cccc2c1. The summed E-state index contributed by atoms with van der Waals surface area (Å²) in [6, 6.07) is 6.90. The molecule has 0 saturated carbocycles. The monoisotopic (exact) mass is 161 g/mol. The fraction of sp³-hybridized carbons (Fsp3) is 0.100. The van der Waals surface area contributed by atoms with E-state index in [0.717, 1.165) is 10.9 Å². The highest BCUT2D eigenvalue weighted by Gasteiger charge is 1.99. The number of rotatable bonds is 0. The van der Waals surface area contributed by atoms with Gasteiger partial charge in [-0.25, -0.2) is 4.39 Å². The molecular weight excluding hydrogens is 153 g/mol. The molecule has 0 amide bonds. The Kier molecular flexibility index (Phi) is 1.54. The van der Waals surface area contributed by atoms with Crippen LogP contribution < -0.4 is 0 Å². The van der Waals surface area contributed by atoms with Gasteiger partial charge in [-0.15, -0.1) is 0 Å². The maximum absolute atomic E-state index is 13.1. The third kappa shape index (κ3) is 1.05. The molecule has 60 valence electrons. The highest BCUT2D eigenvalue weighted by atomic mass is 19.1. The van der Waals surface area contributed by atoms with E-state index < -0.39 is 0 Å². The molecule has 0 bridgehead atoms. The number of halogens is 1. The van der Waals surface area contributed by atoms with Gasteiger partial charge >= 0.3 is 0 Å². The average Bonchev–Trinajstić information content (AvgIpc) is 2.04. The van der Waals surface area contributed by atoms with Gasteiger partial charge < -0.3 is 0 Å². The Bertz CT molecular complexity index is 423. The summed E-state index contributed by atoms with van der Waals surface area (Å²) in [5, 5.41) is 0.856. The van der Waals surface area contributed by atoms with Gasteiger partial charge in [-0.3, -0.25) is 4.98 Å². The first-order chi connectivity index (χ1) is 5.77. The molecule has 2 rings (SSSR count). The Balaban J connectivity index is 2.86. The zero-order chi connectivity index (χ0) is 8.55. The number of benzene rings is 1. The topological polar surface area (TPSA) is 12.9 Å². The Morgan fingerprint density at radius 1 is 1.33 bits per heavy atom. The predicted molar refractivity (Wildman–Crippen MR) is 46.4 cm³/mol. The lowest BCUT2D eigenvalue weighted by atomic mass is 10.2. The molecule has 12 heavy (non-hydrogen) atoms. The third-order valence-corrected chi connectivity index (χ3v) is 1.80.